The van der Waals surface area contributed by atoms with Crippen LogP contribution in [0.2, 0.25) is 0 Å². The summed E-state index contributed by atoms with van der Waals surface area (Å²) in [6, 6.07) is 5.25. The van der Waals surface area contributed by atoms with Gasteiger partial charge in [-0.05, 0) is 24.6 Å². The number of methoxy groups -OCH3 is 1. The van der Waals surface area contributed by atoms with Crippen LogP contribution in [0, 0.1) is 6.92 Å². The van der Waals surface area contributed by atoms with E-state index in [0.29, 0.717) is 11.5 Å². The van der Waals surface area contributed by atoms with Gasteiger partial charge in [-0.1, -0.05) is 6.07 Å². The number of carboxylic acids is 1. The molecule has 6 heteroatoms. The van der Waals surface area contributed by atoms with Crippen LogP contribution in [-0.4, -0.2) is 35.7 Å². The van der Waals surface area contributed by atoms with Crippen molar-refractivity contribution in [1.29, 1.82) is 0 Å². The van der Waals surface area contributed by atoms with Crippen molar-refractivity contribution < 1.29 is 24.3 Å². The molecule has 19 heavy (non-hydrogen) atoms. The maximum atomic E-state index is 11.4. The highest BCUT2D eigenvalue weighted by Crippen LogP contribution is 2.28. The molecule has 0 saturated carbocycles. The van der Waals surface area contributed by atoms with E-state index < -0.39 is 5.97 Å². The molecule has 0 saturated heterocycles. The molecule has 0 aliphatic carbocycles. The van der Waals surface area contributed by atoms with Crippen LogP contribution in [0.3, 0.4) is 0 Å². The zero-order valence-corrected chi connectivity index (χ0v) is 11.2. The van der Waals surface area contributed by atoms with Gasteiger partial charge in [-0.3, -0.25) is 9.59 Å². The number of nitrogens with zero attached hydrogens (tertiary/aromatic N) is 1. The lowest BCUT2D eigenvalue weighted by Gasteiger charge is -2.21. The van der Waals surface area contributed by atoms with Gasteiger partial charge in [0.15, 0.2) is 11.5 Å². The molecule has 0 unspecified atom stereocenters. The number of aryl methyl sites for hydroxylation is 1. The number of carboxylic acid groups (broad SMARTS) is 1. The molecule has 0 atom stereocenters. The van der Waals surface area contributed by atoms with Crippen molar-refractivity contribution in [3.8, 4) is 11.5 Å². The highest BCUT2D eigenvalue weighted by Gasteiger charge is 2.15. The molecule has 0 aliphatic heterocycles. The molecule has 0 heterocycles. The predicted octanol–water partition coefficient (Wildman–Crippen LogP) is 1.62. The Labute approximate surface area is 111 Å². The average Bonchev–Trinajstić information content (AvgIpc) is 2.35. The topological polar surface area (TPSA) is 76.1 Å². The summed E-state index contributed by atoms with van der Waals surface area (Å²) >= 11 is 0. The lowest BCUT2D eigenvalue weighted by molar-refractivity contribution is -0.157. The van der Waals surface area contributed by atoms with Gasteiger partial charge in [-0.25, -0.2) is 0 Å². The van der Waals surface area contributed by atoms with Crippen molar-refractivity contribution in [3.05, 3.63) is 23.8 Å². The minimum atomic E-state index is -0.995. The van der Waals surface area contributed by atoms with E-state index in [1.54, 1.807) is 12.1 Å². The summed E-state index contributed by atoms with van der Waals surface area (Å²) in [6.07, 6.45) is -0.187. The number of carbonyl (C=O) groups excluding carboxylic acids is 1. The number of hydrogen-bond donors (Lipinski definition) is 1. The highest BCUT2D eigenvalue weighted by atomic mass is 16.7. The number of ether oxygens (including phenoxy) is 1. The van der Waals surface area contributed by atoms with Crippen LogP contribution in [0.1, 0.15) is 18.9 Å². The third-order valence-electron chi connectivity index (χ3n) is 2.41. The van der Waals surface area contributed by atoms with E-state index in [9.17, 15) is 9.59 Å². The molecular formula is C13H17NO5. The van der Waals surface area contributed by atoms with Crippen molar-refractivity contribution in [2.75, 3.05) is 13.7 Å². The van der Waals surface area contributed by atoms with Gasteiger partial charge in [-0.15, -0.1) is 0 Å². The highest BCUT2D eigenvalue weighted by molar-refractivity contribution is 5.73. The number of benzene rings is 1. The normalized spacial score (nSPS) is 9.84. The van der Waals surface area contributed by atoms with Crippen LogP contribution in [0.4, 0.5) is 0 Å². The van der Waals surface area contributed by atoms with Gasteiger partial charge in [0.2, 0.25) is 0 Å². The standard InChI is InChI=1S/C13H17NO5/c1-9-4-5-11(12(8-9)18-3)19-14(10(2)15)7-6-13(16)17/h4-5,8H,6-7H2,1-3H3,(H,16,17). The summed E-state index contributed by atoms with van der Waals surface area (Å²) in [5.41, 5.74) is 0.990. The maximum Gasteiger partial charge on any atom is 0.305 e. The molecule has 1 rings (SSSR count). The molecule has 0 aromatic heterocycles. The number of aliphatic carboxylic acids is 1. The Balaban J connectivity index is 2.84. The van der Waals surface area contributed by atoms with E-state index in [1.165, 1.54) is 14.0 Å². The molecule has 0 aliphatic rings. The molecule has 0 radical (unpaired) electrons. The monoisotopic (exact) mass is 267 g/mol. The van der Waals surface area contributed by atoms with Crippen molar-refractivity contribution in [1.82, 2.24) is 5.06 Å². The average molecular weight is 267 g/mol. The van der Waals surface area contributed by atoms with Crippen molar-refractivity contribution in [2.45, 2.75) is 20.3 Å². The van der Waals surface area contributed by atoms with Gasteiger partial charge in [0, 0.05) is 6.92 Å². The van der Waals surface area contributed by atoms with Crippen LogP contribution < -0.4 is 9.57 Å². The van der Waals surface area contributed by atoms with Gasteiger partial charge < -0.3 is 14.7 Å². The van der Waals surface area contributed by atoms with Crippen LogP contribution >= 0.6 is 0 Å². The van der Waals surface area contributed by atoms with Gasteiger partial charge in [0.1, 0.15) is 0 Å². The summed E-state index contributed by atoms with van der Waals surface area (Å²) in [5.74, 6) is -0.509. The van der Waals surface area contributed by atoms with Crippen LogP contribution in [-0.2, 0) is 9.59 Å². The summed E-state index contributed by atoms with van der Waals surface area (Å²) < 4.78 is 5.15. The van der Waals surface area contributed by atoms with Gasteiger partial charge in [0.05, 0.1) is 20.1 Å². The summed E-state index contributed by atoms with van der Waals surface area (Å²) in [5, 5.41) is 9.63. The van der Waals surface area contributed by atoms with Gasteiger partial charge in [-0.2, -0.15) is 5.06 Å². The number of hydrogen-bond acceptors (Lipinski definition) is 4. The first-order chi connectivity index (χ1) is 8.93. The molecule has 104 valence electrons. The summed E-state index contributed by atoms with van der Waals surface area (Å²) in [7, 11) is 1.50. The van der Waals surface area contributed by atoms with Crippen molar-refractivity contribution in [3.63, 3.8) is 0 Å². The second kappa shape index (κ2) is 6.63. The van der Waals surface area contributed by atoms with Crippen molar-refractivity contribution in [2.24, 2.45) is 0 Å². The third kappa shape index (κ3) is 4.50. The minimum Gasteiger partial charge on any atom is -0.493 e. The Kier molecular flexibility index (Phi) is 5.17. The molecule has 1 amide bonds. The van der Waals surface area contributed by atoms with E-state index in [4.69, 9.17) is 14.7 Å². The first-order valence-electron chi connectivity index (χ1n) is 5.76. The lowest BCUT2D eigenvalue weighted by atomic mass is 10.2. The molecule has 0 spiro atoms. The SMILES string of the molecule is COc1cc(C)ccc1ON(CCC(=O)O)C(C)=O. The fraction of sp³-hybridized carbons (Fsp3) is 0.385. The largest absolute Gasteiger partial charge is 0.493 e. The quantitative estimate of drug-likeness (QED) is 0.793. The molecule has 0 bridgehead atoms. The first kappa shape index (κ1) is 14.8. The molecular weight excluding hydrogens is 250 g/mol. The number of carbonyl (C=O) groups is 2. The first-order valence-corrected chi connectivity index (χ1v) is 5.76. The Morgan fingerprint density at radius 1 is 1.32 bits per heavy atom. The van der Waals surface area contributed by atoms with Crippen LogP contribution in [0.15, 0.2) is 18.2 Å². The third-order valence-corrected chi connectivity index (χ3v) is 2.41. The molecule has 0 fully saturated rings. The molecule has 1 aromatic rings. The van der Waals surface area contributed by atoms with E-state index in [1.807, 2.05) is 13.0 Å². The zero-order chi connectivity index (χ0) is 14.4. The molecule has 6 nitrogen and oxygen atoms in total. The predicted molar refractivity (Wildman–Crippen MR) is 68.0 cm³/mol. The minimum absolute atomic E-state index is 0.0261. The summed E-state index contributed by atoms with van der Waals surface area (Å²) in [6.45, 7) is 3.18. The Bertz CT molecular complexity index is 472. The number of rotatable bonds is 6. The Morgan fingerprint density at radius 3 is 2.53 bits per heavy atom. The molecule has 1 N–H and O–H groups in total. The second-order valence-electron chi connectivity index (χ2n) is 4.01. The lowest BCUT2D eigenvalue weighted by Crippen LogP contribution is -2.34. The zero-order valence-electron chi connectivity index (χ0n) is 11.2. The fourth-order valence-electron chi connectivity index (χ4n) is 1.43. The van der Waals surface area contributed by atoms with Gasteiger partial charge in [0.25, 0.3) is 5.91 Å². The Hall–Kier alpha value is -2.24. The Morgan fingerprint density at radius 2 is 2.00 bits per heavy atom. The number of amides is 1. The van der Waals surface area contributed by atoms with E-state index in [0.717, 1.165) is 10.6 Å². The van der Waals surface area contributed by atoms with Crippen LogP contribution in [0.5, 0.6) is 11.5 Å². The van der Waals surface area contributed by atoms with E-state index in [2.05, 4.69) is 0 Å². The smallest absolute Gasteiger partial charge is 0.305 e. The maximum absolute atomic E-state index is 11.4. The van der Waals surface area contributed by atoms with E-state index in [-0.39, 0.29) is 18.9 Å². The van der Waals surface area contributed by atoms with Gasteiger partial charge >= 0.3 is 5.97 Å². The second-order valence-corrected chi connectivity index (χ2v) is 4.01. The van der Waals surface area contributed by atoms with Crippen LogP contribution in [0.25, 0.3) is 0 Å². The van der Waals surface area contributed by atoms with E-state index >= 15 is 0 Å². The fourth-order valence-corrected chi connectivity index (χ4v) is 1.43. The molecule has 1 aromatic carbocycles. The summed E-state index contributed by atoms with van der Waals surface area (Å²) in [4.78, 5) is 27.3. The van der Waals surface area contributed by atoms with Crippen molar-refractivity contribution >= 4 is 11.9 Å². The number of hydroxylamine groups is 2.